The zero-order valence-corrected chi connectivity index (χ0v) is 17.0. The maximum Gasteiger partial charge on any atom is 0.373 e. The van der Waals surface area contributed by atoms with Crippen LogP contribution in [0.2, 0.25) is 0 Å². The molecule has 30 heavy (non-hydrogen) atoms. The van der Waals surface area contributed by atoms with E-state index in [1.807, 2.05) is 16.7 Å². The molecule has 2 fully saturated rings. The van der Waals surface area contributed by atoms with Crippen molar-refractivity contribution in [3.8, 4) is 0 Å². The first kappa shape index (κ1) is 23.4. The number of aliphatic hydroxyl groups is 1. The van der Waals surface area contributed by atoms with Gasteiger partial charge in [0, 0.05) is 38.6 Å². The van der Waals surface area contributed by atoms with Crippen LogP contribution >= 0.6 is 0 Å². The lowest BCUT2D eigenvalue weighted by Crippen LogP contribution is -2.20. The Kier molecular flexibility index (Phi) is 9.31. The first-order valence-electron chi connectivity index (χ1n) is 9.86. The lowest BCUT2D eigenvalue weighted by Gasteiger charge is -2.16. The van der Waals surface area contributed by atoms with Gasteiger partial charge in [-0.3, -0.25) is 0 Å². The normalized spacial score (nSPS) is 15.1. The van der Waals surface area contributed by atoms with Crippen LogP contribution in [0.3, 0.4) is 0 Å². The summed E-state index contributed by atoms with van der Waals surface area (Å²) in [5.41, 5.74) is 1.39. The molecule has 2 aromatic rings. The lowest BCUT2D eigenvalue weighted by molar-refractivity contribution is -0.191. The Morgan fingerprint density at radius 1 is 0.900 bits per heavy atom. The number of aromatic nitrogens is 2. The van der Waals surface area contributed by atoms with E-state index in [4.69, 9.17) is 14.7 Å². The van der Waals surface area contributed by atoms with Crippen LogP contribution in [0.4, 0.5) is 20.4 Å². The van der Waals surface area contributed by atoms with Gasteiger partial charge in [-0.05, 0) is 55.9 Å². The lowest BCUT2D eigenvalue weighted by atomic mass is 10.3. The number of nitrogens with zero attached hydrogens (tertiary/aromatic N) is 4. The average Bonchev–Trinajstić information content (AvgIpc) is 3.43. The van der Waals surface area contributed by atoms with Crippen LogP contribution in [-0.4, -0.2) is 47.4 Å². The summed E-state index contributed by atoms with van der Waals surface area (Å²) in [5.74, 6) is 0.406. The summed E-state index contributed by atoms with van der Waals surface area (Å²) in [6.07, 6.45) is 7.99. The Morgan fingerprint density at radius 3 is 1.73 bits per heavy atom. The molecule has 0 unspecified atom stereocenters. The Hall–Kier alpha value is -2.90. The number of halogens is 2. The molecule has 7 nitrogen and oxygen atoms in total. The molecule has 2 aliphatic rings. The molecule has 2 aromatic heterocycles. The number of aliphatic hydroxyl groups excluding tert-OH is 1. The van der Waals surface area contributed by atoms with Crippen LogP contribution < -0.4 is 9.80 Å². The van der Waals surface area contributed by atoms with Crippen molar-refractivity contribution in [2.24, 2.45) is 0 Å². The molecule has 0 amide bonds. The van der Waals surface area contributed by atoms with Crippen LogP contribution in [0, 0.1) is 18.6 Å². The third-order valence-corrected chi connectivity index (χ3v) is 4.83. The van der Waals surface area contributed by atoms with E-state index in [1.54, 1.807) is 12.3 Å². The molecule has 4 heterocycles. The zero-order chi connectivity index (χ0) is 21.9. The average molecular weight is 420 g/mol. The Morgan fingerprint density at radius 2 is 1.33 bits per heavy atom. The van der Waals surface area contributed by atoms with Crippen molar-refractivity contribution < 1.29 is 23.5 Å². The maximum atomic E-state index is 13.5. The van der Waals surface area contributed by atoms with E-state index in [0.29, 0.717) is 17.2 Å². The van der Waals surface area contributed by atoms with E-state index in [-0.39, 0.29) is 24.4 Å². The summed E-state index contributed by atoms with van der Waals surface area (Å²) in [4.78, 5) is 28.3. The number of rotatable bonds is 3. The van der Waals surface area contributed by atoms with Gasteiger partial charge < -0.3 is 14.9 Å². The van der Waals surface area contributed by atoms with Gasteiger partial charge in [-0.15, -0.1) is 0 Å². The highest BCUT2D eigenvalue weighted by molar-refractivity contribution is 5.42. The molecule has 0 aromatic carbocycles. The molecule has 0 radical (unpaired) electrons. The van der Waals surface area contributed by atoms with Crippen molar-refractivity contribution in [2.45, 2.75) is 39.2 Å². The number of anilines is 2. The van der Waals surface area contributed by atoms with Crippen molar-refractivity contribution in [3.63, 3.8) is 0 Å². The Labute approximate surface area is 174 Å². The number of hydrogen-bond donors (Lipinski definition) is 1. The first-order chi connectivity index (χ1) is 14.5. The quantitative estimate of drug-likeness (QED) is 0.817. The molecule has 0 saturated carbocycles. The summed E-state index contributed by atoms with van der Waals surface area (Å²) >= 11 is 0. The van der Waals surface area contributed by atoms with Gasteiger partial charge in [0.1, 0.15) is 0 Å². The van der Waals surface area contributed by atoms with Gasteiger partial charge >= 0.3 is 6.15 Å². The van der Waals surface area contributed by atoms with Gasteiger partial charge in [-0.25, -0.2) is 18.7 Å². The summed E-state index contributed by atoms with van der Waals surface area (Å²) in [5, 5.41) is 8.80. The van der Waals surface area contributed by atoms with Crippen LogP contribution in [0.1, 0.15) is 36.8 Å². The minimum atomic E-state index is -0.335. The van der Waals surface area contributed by atoms with Crippen molar-refractivity contribution in [1.29, 1.82) is 0 Å². The third-order valence-electron chi connectivity index (χ3n) is 4.83. The van der Waals surface area contributed by atoms with E-state index >= 15 is 0 Å². The van der Waals surface area contributed by atoms with E-state index in [2.05, 4.69) is 9.97 Å². The van der Waals surface area contributed by atoms with E-state index < -0.39 is 0 Å². The van der Waals surface area contributed by atoms with Crippen LogP contribution in [0.5, 0.6) is 0 Å². The summed E-state index contributed by atoms with van der Waals surface area (Å²) in [6, 6.07) is 2.89. The summed E-state index contributed by atoms with van der Waals surface area (Å²) in [7, 11) is 0. The fraction of sp³-hybridized carbons (Fsp3) is 0.476. The van der Waals surface area contributed by atoms with Gasteiger partial charge in [-0.1, -0.05) is 0 Å². The molecular weight excluding hydrogens is 394 g/mol. The standard InChI is InChI=1S/C10H13FN2O.C10H13FN2.CO2/c11-9-5-8(7-14)6-12-10(9)13-3-1-2-4-13;1-8-6-9(11)10(12-7-8)13-4-2-3-5-13;2-1-3/h5-6,14H,1-4,7H2;6-7H,2-5H2,1H3;. The molecule has 0 bridgehead atoms. The molecule has 9 heteroatoms. The fourth-order valence-corrected chi connectivity index (χ4v) is 3.41. The topological polar surface area (TPSA) is 86.6 Å². The molecular formula is C21H26F2N4O3. The predicted octanol–water partition coefficient (Wildman–Crippen LogP) is 2.86. The maximum absolute atomic E-state index is 13.5. The second-order valence-electron chi connectivity index (χ2n) is 7.10. The minimum absolute atomic E-state index is 0.163. The molecule has 0 spiro atoms. The second-order valence-corrected chi connectivity index (χ2v) is 7.10. The molecule has 0 aliphatic carbocycles. The molecule has 1 N–H and O–H groups in total. The van der Waals surface area contributed by atoms with Crippen LogP contribution in [0.15, 0.2) is 24.5 Å². The third kappa shape index (κ3) is 6.57. The van der Waals surface area contributed by atoms with Crippen molar-refractivity contribution in [3.05, 3.63) is 47.3 Å². The highest BCUT2D eigenvalue weighted by atomic mass is 19.1. The SMILES string of the molecule is Cc1cnc(N2CCCC2)c(F)c1.O=C=O.OCc1cnc(N2CCCC2)c(F)c1. The highest BCUT2D eigenvalue weighted by Gasteiger charge is 2.18. The number of carbonyl (C=O) groups excluding carboxylic acids is 2. The second kappa shape index (κ2) is 11.9. The minimum Gasteiger partial charge on any atom is -0.392 e. The summed E-state index contributed by atoms with van der Waals surface area (Å²) < 4.78 is 26.9. The molecule has 162 valence electrons. The van der Waals surface area contributed by atoms with E-state index in [9.17, 15) is 8.78 Å². The van der Waals surface area contributed by atoms with Crippen LogP contribution in [-0.2, 0) is 16.2 Å². The molecule has 0 atom stereocenters. The van der Waals surface area contributed by atoms with Gasteiger partial charge in [0.2, 0.25) is 0 Å². The Balaban J connectivity index is 0.000000190. The number of aryl methyl sites for hydroxylation is 1. The number of pyridine rings is 2. The van der Waals surface area contributed by atoms with Gasteiger partial charge in [0.25, 0.3) is 0 Å². The zero-order valence-electron chi connectivity index (χ0n) is 17.0. The monoisotopic (exact) mass is 420 g/mol. The molecule has 2 saturated heterocycles. The van der Waals surface area contributed by atoms with Crippen molar-refractivity contribution >= 4 is 17.8 Å². The fourth-order valence-electron chi connectivity index (χ4n) is 3.41. The van der Waals surface area contributed by atoms with Crippen LogP contribution in [0.25, 0.3) is 0 Å². The number of hydrogen-bond acceptors (Lipinski definition) is 7. The molecule has 2 aliphatic heterocycles. The summed E-state index contributed by atoms with van der Waals surface area (Å²) in [6.45, 7) is 5.32. The van der Waals surface area contributed by atoms with Crippen molar-refractivity contribution in [2.75, 3.05) is 36.0 Å². The largest absolute Gasteiger partial charge is 0.392 e. The Bertz CT molecular complexity index is 848. The smallest absolute Gasteiger partial charge is 0.373 e. The van der Waals surface area contributed by atoms with Gasteiger partial charge in [0.15, 0.2) is 23.3 Å². The van der Waals surface area contributed by atoms with E-state index in [1.165, 1.54) is 12.3 Å². The van der Waals surface area contributed by atoms with Crippen molar-refractivity contribution in [1.82, 2.24) is 9.97 Å². The van der Waals surface area contributed by atoms with E-state index in [0.717, 1.165) is 57.4 Å². The molecule has 4 rings (SSSR count). The predicted molar refractivity (Wildman–Crippen MR) is 107 cm³/mol. The first-order valence-corrected chi connectivity index (χ1v) is 9.86. The van der Waals surface area contributed by atoms with Gasteiger partial charge in [-0.2, -0.15) is 9.59 Å². The highest BCUT2D eigenvalue weighted by Crippen LogP contribution is 2.22. The van der Waals surface area contributed by atoms with Gasteiger partial charge in [0.05, 0.1) is 6.61 Å².